The lowest BCUT2D eigenvalue weighted by molar-refractivity contribution is -0.151. The van der Waals surface area contributed by atoms with Crippen LogP contribution in [0.25, 0.3) is 0 Å². The molecule has 2 aliphatic heterocycles. The fourth-order valence-electron chi connectivity index (χ4n) is 4.84. The highest BCUT2D eigenvalue weighted by Crippen LogP contribution is 2.27. The fourth-order valence-corrected chi connectivity index (χ4v) is 4.84. The number of ether oxygens (including phenoxy) is 2. The molecule has 0 radical (unpaired) electrons. The second-order valence-electron chi connectivity index (χ2n) is 11.3. The van der Waals surface area contributed by atoms with Crippen LogP contribution in [0.2, 0.25) is 0 Å². The van der Waals surface area contributed by atoms with Gasteiger partial charge >= 0.3 is 12.1 Å². The van der Waals surface area contributed by atoms with Crippen LogP contribution in [0, 0.1) is 5.92 Å². The van der Waals surface area contributed by atoms with Gasteiger partial charge in [-0.1, -0.05) is 44.2 Å². The molecule has 6 unspecified atom stereocenters. The van der Waals surface area contributed by atoms with E-state index in [1.54, 1.807) is 24.1 Å². The van der Waals surface area contributed by atoms with Crippen molar-refractivity contribution in [1.29, 1.82) is 0 Å². The third-order valence-corrected chi connectivity index (χ3v) is 7.68. The highest BCUT2D eigenvalue weighted by Gasteiger charge is 2.36. The van der Waals surface area contributed by atoms with E-state index in [0.717, 1.165) is 24.4 Å². The van der Waals surface area contributed by atoms with E-state index in [0.29, 0.717) is 13.1 Å². The first kappa shape index (κ1) is 31.5. The summed E-state index contributed by atoms with van der Waals surface area (Å²) in [6.45, 7) is 10.1. The minimum Gasteiger partial charge on any atom is -0.457 e. The Balaban J connectivity index is 1.81. The molecule has 9 nitrogen and oxygen atoms in total. The Labute approximate surface area is 238 Å². The van der Waals surface area contributed by atoms with Crippen LogP contribution < -0.4 is 0 Å². The van der Waals surface area contributed by atoms with E-state index >= 15 is 0 Å². The van der Waals surface area contributed by atoms with Crippen LogP contribution in [0.4, 0.5) is 4.79 Å². The molecule has 220 valence electrons. The Morgan fingerprint density at radius 1 is 1.25 bits per heavy atom. The maximum atomic E-state index is 13.0. The molecular weight excluding hydrogens is 510 g/mol. The van der Waals surface area contributed by atoms with E-state index in [-0.39, 0.29) is 31.1 Å². The van der Waals surface area contributed by atoms with Crippen molar-refractivity contribution < 1.29 is 29.3 Å². The summed E-state index contributed by atoms with van der Waals surface area (Å²) in [4.78, 5) is 33.9. The van der Waals surface area contributed by atoms with Gasteiger partial charge in [-0.2, -0.15) is 0 Å². The number of rotatable bonds is 5. The molecule has 0 aliphatic carbocycles. The summed E-state index contributed by atoms with van der Waals surface area (Å²) in [6.07, 6.45) is 8.23. The molecule has 3 rings (SSSR count). The van der Waals surface area contributed by atoms with E-state index in [1.807, 2.05) is 63.4 Å². The molecule has 1 amide bonds. The summed E-state index contributed by atoms with van der Waals surface area (Å²) in [7, 11) is 2.01. The van der Waals surface area contributed by atoms with E-state index in [1.165, 1.54) is 0 Å². The van der Waals surface area contributed by atoms with Crippen molar-refractivity contribution >= 4 is 12.1 Å². The molecule has 2 N–H and O–H groups in total. The molecule has 0 spiro atoms. The van der Waals surface area contributed by atoms with Crippen molar-refractivity contribution in [1.82, 2.24) is 14.8 Å². The van der Waals surface area contributed by atoms with Gasteiger partial charge in [0.2, 0.25) is 0 Å². The second kappa shape index (κ2) is 14.6. The molecule has 9 heteroatoms. The smallest absolute Gasteiger partial charge is 0.410 e. The number of amides is 1. The molecule has 3 heterocycles. The summed E-state index contributed by atoms with van der Waals surface area (Å²) in [6, 6.07) is 5.80. The Kier molecular flexibility index (Phi) is 11.5. The van der Waals surface area contributed by atoms with Crippen molar-refractivity contribution in [2.45, 2.75) is 76.8 Å². The van der Waals surface area contributed by atoms with E-state index in [2.05, 4.69) is 16.8 Å². The van der Waals surface area contributed by atoms with Gasteiger partial charge in [-0.25, -0.2) is 4.79 Å². The quantitative estimate of drug-likeness (QED) is 0.320. The number of cyclic esters (lactones) is 1. The van der Waals surface area contributed by atoms with Crippen molar-refractivity contribution in [2.75, 3.05) is 33.2 Å². The van der Waals surface area contributed by atoms with Gasteiger partial charge in [0.05, 0.1) is 12.5 Å². The lowest BCUT2D eigenvalue weighted by Gasteiger charge is -2.36. The lowest BCUT2D eigenvalue weighted by Crippen LogP contribution is -2.50. The lowest BCUT2D eigenvalue weighted by atomic mass is 9.88. The van der Waals surface area contributed by atoms with Crippen molar-refractivity contribution in [3.8, 4) is 0 Å². The van der Waals surface area contributed by atoms with E-state index < -0.39 is 36.0 Å². The number of aliphatic hydroxyl groups is 2. The minimum atomic E-state index is -1.44. The Bertz CT molecular complexity index is 1060. The number of hydrogen-bond donors (Lipinski definition) is 2. The third kappa shape index (κ3) is 9.28. The van der Waals surface area contributed by atoms with Gasteiger partial charge in [-0.15, -0.1) is 0 Å². The van der Waals surface area contributed by atoms with Crippen LogP contribution in [-0.4, -0.2) is 94.2 Å². The number of allylic oxidation sites excluding steroid dienone is 3. The number of hydrogen-bond acceptors (Lipinski definition) is 8. The van der Waals surface area contributed by atoms with Crippen molar-refractivity contribution in [3.05, 3.63) is 66.0 Å². The number of pyridine rings is 1. The van der Waals surface area contributed by atoms with Gasteiger partial charge in [-0.05, 0) is 57.5 Å². The number of carbonyl (C=O) groups excluding carboxylic acids is 2. The van der Waals surface area contributed by atoms with Crippen molar-refractivity contribution in [3.63, 3.8) is 0 Å². The molecule has 0 saturated carbocycles. The summed E-state index contributed by atoms with van der Waals surface area (Å²) in [5, 5.41) is 21.8. The predicted octanol–water partition coefficient (Wildman–Crippen LogP) is 3.84. The van der Waals surface area contributed by atoms with Gasteiger partial charge in [0.25, 0.3) is 0 Å². The van der Waals surface area contributed by atoms with Crippen molar-refractivity contribution in [2.24, 2.45) is 5.92 Å². The molecule has 40 heavy (non-hydrogen) atoms. The average molecular weight is 556 g/mol. The normalized spacial score (nSPS) is 30.3. The molecule has 0 aromatic carbocycles. The molecule has 6 atom stereocenters. The van der Waals surface area contributed by atoms with E-state index in [9.17, 15) is 19.8 Å². The molecule has 2 aliphatic rings. The van der Waals surface area contributed by atoms with Crippen LogP contribution in [0.1, 0.15) is 58.6 Å². The predicted molar refractivity (Wildman–Crippen MR) is 154 cm³/mol. The Morgan fingerprint density at radius 3 is 2.65 bits per heavy atom. The molecule has 1 saturated heterocycles. The van der Waals surface area contributed by atoms with Gasteiger partial charge in [0.1, 0.15) is 11.7 Å². The number of aliphatic hydroxyl groups excluding tert-OH is 1. The number of likely N-dealkylation sites (N-methyl/N-ethyl adjacent to an activating group) is 1. The third-order valence-electron chi connectivity index (χ3n) is 7.68. The fraction of sp³-hybridized carbons (Fsp3) is 0.581. The first-order valence-electron chi connectivity index (χ1n) is 14.1. The van der Waals surface area contributed by atoms with Crippen LogP contribution in [-0.2, 0) is 14.3 Å². The summed E-state index contributed by atoms with van der Waals surface area (Å²) < 4.78 is 11.7. The SMILES string of the molecule is C/C(=C\C=C\C(C)c1ccccn1)C1OC(=O)CC(O)CCC(C)(O)C(OC(=O)N2CCN(C)CC2)C=CC1C. The average Bonchev–Trinajstić information content (AvgIpc) is 2.92. The number of esters is 1. The summed E-state index contributed by atoms with van der Waals surface area (Å²) >= 11 is 0. The molecule has 1 aromatic rings. The number of aromatic nitrogens is 1. The zero-order valence-electron chi connectivity index (χ0n) is 24.4. The maximum Gasteiger partial charge on any atom is 0.410 e. The first-order valence-corrected chi connectivity index (χ1v) is 14.1. The number of nitrogens with zero attached hydrogens (tertiary/aromatic N) is 3. The zero-order chi connectivity index (χ0) is 29.3. The van der Waals surface area contributed by atoms with Gasteiger partial charge in [0.15, 0.2) is 6.10 Å². The van der Waals surface area contributed by atoms with Crippen LogP contribution in [0.5, 0.6) is 0 Å². The van der Waals surface area contributed by atoms with Crippen LogP contribution >= 0.6 is 0 Å². The highest BCUT2D eigenvalue weighted by atomic mass is 16.6. The summed E-state index contributed by atoms with van der Waals surface area (Å²) in [5.74, 6) is -0.692. The topological polar surface area (TPSA) is 112 Å². The monoisotopic (exact) mass is 555 g/mol. The molecule has 0 bridgehead atoms. The largest absolute Gasteiger partial charge is 0.457 e. The molecular formula is C31H45N3O6. The van der Waals surface area contributed by atoms with E-state index in [4.69, 9.17) is 9.47 Å². The zero-order valence-corrected chi connectivity index (χ0v) is 24.4. The second-order valence-corrected chi connectivity index (χ2v) is 11.3. The number of piperazine rings is 1. The number of carbonyl (C=O) groups is 2. The van der Waals surface area contributed by atoms with Crippen LogP contribution in [0.15, 0.2) is 60.3 Å². The standard InChI is InChI=1S/C31H45N3O6/c1-22(26-11-6-7-16-32-26)9-8-10-23(2)29-24(3)12-13-27(39-30(37)34-19-17-33(5)18-20-34)31(4,38)15-14-25(35)21-28(36)40-29/h6-13,16,22,24-25,27,29,35,38H,14-15,17-21H2,1-5H3/b9-8+,13-12?,23-10+. The maximum absolute atomic E-state index is 13.0. The minimum absolute atomic E-state index is 0.106. The Morgan fingerprint density at radius 2 is 1.98 bits per heavy atom. The van der Waals surface area contributed by atoms with Crippen LogP contribution in [0.3, 0.4) is 0 Å². The highest BCUT2D eigenvalue weighted by molar-refractivity contribution is 5.70. The van der Waals surface area contributed by atoms with Gasteiger partial charge in [-0.3, -0.25) is 9.78 Å². The molecule has 1 fully saturated rings. The molecule has 1 aromatic heterocycles. The Hall–Kier alpha value is -3.01. The summed E-state index contributed by atoms with van der Waals surface area (Å²) in [5.41, 5.74) is 0.337. The van der Waals surface area contributed by atoms with Gasteiger partial charge in [0, 0.05) is 49.9 Å². The first-order chi connectivity index (χ1) is 19.0. The van der Waals surface area contributed by atoms with Gasteiger partial charge < -0.3 is 29.5 Å².